The van der Waals surface area contributed by atoms with Crippen molar-refractivity contribution in [3.63, 3.8) is 0 Å². The summed E-state index contributed by atoms with van der Waals surface area (Å²) in [4.78, 5) is 0. The Morgan fingerprint density at radius 2 is 1.90 bits per heavy atom. The van der Waals surface area contributed by atoms with Gasteiger partial charge in [-0.15, -0.1) is 0 Å². The van der Waals surface area contributed by atoms with E-state index in [1.54, 1.807) is 0 Å². The molecule has 106 valence electrons. The van der Waals surface area contributed by atoms with Gasteiger partial charge < -0.3 is 5.32 Å². The second-order valence-corrected chi connectivity index (χ2v) is 6.13. The highest BCUT2D eigenvalue weighted by Crippen LogP contribution is 2.27. The lowest BCUT2D eigenvalue weighted by atomic mass is 9.99. The zero-order valence-electron chi connectivity index (χ0n) is 11.6. The molecule has 2 aromatic carbocycles. The first-order valence-corrected chi connectivity index (χ1v) is 8.10. The van der Waals surface area contributed by atoms with Gasteiger partial charge >= 0.3 is 0 Å². The van der Waals surface area contributed by atoms with Gasteiger partial charge in [0.05, 0.1) is 5.02 Å². The molecule has 0 aromatic heterocycles. The first-order valence-electron chi connectivity index (χ1n) is 6.93. The highest BCUT2D eigenvalue weighted by atomic mass is 79.9. The van der Waals surface area contributed by atoms with Crippen molar-refractivity contribution in [2.45, 2.75) is 25.8 Å². The molecular formula is C17H19BrClN. The number of halogens is 2. The quantitative estimate of drug-likeness (QED) is 0.735. The van der Waals surface area contributed by atoms with Gasteiger partial charge in [0, 0.05) is 10.5 Å². The third-order valence-electron chi connectivity index (χ3n) is 3.27. The highest BCUT2D eigenvalue weighted by Gasteiger charge is 2.12. The van der Waals surface area contributed by atoms with Crippen LogP contribution < -0.4 is 5.32 Å². The van der Waals surface area contributed by atoms with Crippen molar-refractivity contribution in [2.24, 2.45) is 0 Å². The van der Waals surface area contributed by atoms with Crippen LogP contribution in [0.4, 0.5) is 0 Å². The van der Waals surface area contributed by atoms with E-state index in [9.17, 15) is 0 Å². The Bertz CT molecular complexity index is 542. The van der Waals surface area contributed by atoms with Crippen molar-refractivity contribution in [1.29, 1.82) is 0 Å². The van der Waals surface area contributed by atoms with Gasteiger partial charge in [0.2, 0.25) is 0 Å². The molecule has 0 bridgehead atoms. The maximum atomic E-state index is 6.08. The van der Waals surface area contributed by atoms with E-state index in [0.717, 1.165) is 28.9 Å². The van der Waals surface area contributed by atoms with E-state index in [1.807, 2.05) is 6.07 Å². The lowest BCUT2D eigenvalue weighted by molar-refractivity contribution is 0.529. The number of hydrogen-bond acceptors (Lipinski definition) is 1. The summed E-state index contributed by atoms with van der Waals surface area (Å²) >= 11 is 9.59. The maximum absolute atomic E-state index is 6.08. The molecule has 1 nitrogen and oxygen atoms in total. The van der Waals surface area contributed by atoms with Crippen molar-refractivity contribution in [3.8, 4) is 0 Å². The van der Waals surface area contributed by atoms with Crippen molar-refractivity contribution < 1.29 is 0 Å². The summed E-state index contributed by atoms with van der Waals surface area (Å²) in [7, 11) is 0. The van der Waals surface area contributed by atoms with E-state index >= 15 is 0 Å². The molecule has 2 aromatic rings. The second kappa shape index (κ2) is 7.82. The van der Waals surface area contributed by atoms with Gasteiger partial charge in [-0.2, -0.15) is 0 Å². The molecule has 2 rings (SSSR count). The Labute approximate surface area is 134 Å². The van der Waals surface area contributed by atoms with Crippen LogP contribution in [0.5, 0.6) is 0 Å². The molecule has 1 N–H and O–H groups in total. The Hall–Kier alpha value is -0.830. The van der Waals surface area contributed by atoms with Crippen LogP contribution in [0.15, 0.2) is 53.0 Å². The Morgan fingerprint density at radius 3 is 2.55 bits per heavy atom. The summed E-state index contributed by atoms with van der Waals surface area (Å²) in [6.45, 7) is 3.20. The van der Waals surface area contributed by atoms with E-state index in [2.05, 4.69) is 70.6 Å². The highest BCUT2D eigenvalue weighted by molar-refractivity contribution is 9.10. The summed E-state index contributed by atoms with van der Waals surface area (Å²) in [5.74, 6) is 0. The first kappa shape index (κ1) is 15.6. The van der Waals surface area contributed by atoms with Crippen LogP contribution in [0.3, 0.4) is 0 Å². The molecule has 0 aliphatic heterocycles. The predicted octanol–water partition coefficient (Wildman–Crippen LogP) is 5.39. The molecule has 0 saturated carbocycles. The molecule has 1 atom stereocenters. The number of nitrogens with one attached hydrogen (secondary N) is 1. The van der Waals surface area contributed by atoms with Crippen molar-refractivity contribution >= 4 is 27.5 Å². The zero-order valence-corrected chi connectivity index (χ0v) is 13.9. The SMILES string of the molecule is CCCNC(Cc1ccccc1)c1ccc(Cl)c(Br)c1. The van der Waals surface area contributed by atoms with Crippen molar-refractivity contribution in [1.82, 2.24) is 5.32 Å². The minimum atomic E-state index is 0.311. The summed E-state index contributed by atoms with van der Waals surface area (Å²) in [5.41, 5.74) is 2.60. The average molecular weight is 353 g/mol. The Balaban J connectivity index is 2.20. The standard InChI is InChI=1S/C17H19BrClN/c1-2-10-20-17(11-13-6-4-3-5-7-13)14-8-9-16(19)15(18)12-14/h3-9,12,17,20H,2,10-11H2,1H3. The molecule has 20 heavy (non-hydrogen) atoms. The third kappa shape index (κ3) is 4.34. The predicted molar refractivity (Wildman–Crippen MR) is 90.3 cm³/mol. The van der Waals surface area contributed by atoms with Crippen LogP contribution in [0, 0.1) is 0 Å². The van der Waals surface area contributed by atoms with E-state index in [-0.39, 0.29) is 0 Å². The summed E-state index contributed by atoms with van der Waals surface area (Å²) in [5, 5.41) is 4.37. The van der Waals surface area contributed by atoms with Crippen LogP contribution in [-0.2, 0) is 6.42 Å². The van der Waals surface area contributed by atoms with Crippen LogP contribution in [0.2, 0.25) is 5.02 Å². The molecule has 0 amide bonds. The summed E-state index contributed by atoms with van der Waals surface area (Å²) in [6.07, 6.45) is 2.11. The van der Waals surface area contributed by atoms with Crippen LogP contribution in [0.1, 0.15) is 30.5 Å². The summed E-state index contributed by atoms with van der Waals surface area (Å²) < 4.78 is 0.952. The first-order chi connectivity index (χ1) is 9.70. The average Bonchev–Trinajstić information content (AvgIpc) is 2.47. The van der Waals surface area contributed by atoms with E-state index < -0.39 is 0 Å². The summed E-state index contributed by atoms with van der Waals surface area (Å²) in [6, 6.07) is 17.0. The van der Waals surface area contributed by atoms with Gasteiger partial charge in [-0.05, 0) is 58.6 Å². The van der Waals surface area contributed by atoms with E-state index in [1.165, 1.54) is 11.1 Å². The monoisotopic (exact) mass is 351 g/mol. The fourth-order valence-electron chi connectivity index (χ4n) is 2.21. The van der Waals surface area contributed by atoms with Gasteiger partial charge in [0.15, 0.2) is 0 Å². The molecule has 0 spiro atoms. The molecule has 0 radical (unpaired) electrons. The lowest BCUT2D eigenvalue weighted by Gasteiger charge is -2.20. The number of rotatable bonds is 6. The molecule has 0 aliphatic rings. The van der Waals surface area contributed by atoms with E-state index in [0.29, 0.717) is 6.04 Å². The zero-order chi connectivity index (χ0) is 14.4. The smallest absolute Gasteiger partial charge is 0.0548 e. The van der Waals surface area contributed by atoms with Crippen LogP contribution in [-0.4, -0.2) is 6.54 Å². The maximum Gasteiger partial charge on any atom is 0.0548 e. The molecule has 3 heteroatoms. The topological polar surface area (TPSA) is 12.0 Å². The van der Waals surface area contributed by atoms with Gasteiger partial charge in [0.25, 0.3) is 0 Å². The fraction of sp³-hybridized carbons (Fsp3) is 0.294. The van der Waals surface area contributed by atoms with Crippen LogP contribution >= 0.6 is 27.5 Å². The Kier molecular flexibility index (Phi) is 6.08. The van der Waals surface area contributed by atoms with Crippen LogP contribution in [0.25, 0.3) is 0 Å². The van der Waals surface area contributed by atoms with Crippen molar-refractivity contribution in [3.05, 3.63) is 69.2 Å². The number of benzene rings is 2. The fourth-order valence-corrected chi connectivity index (χ4v) is 2.72. The third-order valence-corrected chi connectivity index (χ3v) is 4.48. The van der Waals surface area contributed by atoms with Gasteiger partial charge in [-0.3, -0.25) is 0 Å². The molecule has 0 saturated heterocycles. The van der Waals surface area contributed by atoms with Crippen molar-refractivity contribution in [2.75, 3.05) is 6.54 Å². The number of hydrogen-bond donors (Lipinski definition) is 1. The van der Waals surface area contributed by atoms with Gasteiger partial charge in [-0.1, -0.05) is 54.9 Å². The molecule has 0 fully saturated rings. The second-order valence-electron chi connectivity index (χ2n) is 4.87. The molecule has 0 heterocycles. The molecular weight excluding hydrogens is 334 g/mol. The minimum Gasteiger partial charge on any atom is -0.310 e. The largest absolute Gasteiger partial charge is 0.310 e. The normalized spacial score (nSPS) is 12.3. The molecule has 0 aliphatic carbocycles. The van der Waals surface area contributed by atoms with Gasteiger partial charge in [-0.25, -0.2) is 0 Å². The Morgan fingerprint density at radius 1 is 1.15 bits per heavy atom. The minimum absolute atomic E-state index is 0.311. The van der Waals surface area contributed by atoms with E-state index in [4.69, 9.17) is 11.6 Å². The molecule has 1 unspecified atom stereocenters. The lowest BCUT2D eigenvalue weighted by Crippen LogP contribution is -2.24. The van der Waals surface area contributed by atoms with Gasteiger partial charge in [0.1, 0.15) is 0 Å².